The molecule has 1 heterocycles. The van der Waals surface area contributed by atoms with Gasteiger partial charge in [-0.3, -0.25) is 4.79 Å². The van der Waals surface area contributed by atoms with Gasteiger partial charge >= 0.3 is 0 Å². The van der Waals surface area contributed by atoms with Gasteiger partial charge in [-0.1, -0.05) is 40.7 Å². The highest BCUT2D eigenvalue weighted by Crippen LogP contribution is 2.20. The average molecular weight is 515 g/mol. The summed E-state index contributed by atoms with van der Waals surface area (Å²) in [6, 6.07) is 20.8. The Bertz CT molecular complexity index is 1420. The Balaban J connectivity index is 1.27. The zero-order valence-corrected chi connectivity index (χ0v) is 21.7. The van der Waals surface area contributed by atoms with Crippen molar-refractivity contribution in [3.05, 3.63) is 99.8 Å². The molecule has 0 aliphatic carbocycles. The second-order valence-electron chi connectivity index (χ2n) is 8.79. The van der Waals surface area contributed by atoms with E-state index in [4.69, 9.17) is 12.2 Å². The summed E-state index contributed by atoms with van der Waals surface area (Å²) in [5.41, 5.74) is 6.09. The molecule has 0 bridgehead atoms. The minimum Gasteiger partial charge on any atom is -0.508 e. The molecule has 0 saturated heterocycles. The van der Waals surface area contributed by atoms with Crippen LogP contribution in [0.1, 0.15) is 33.5 Å². The maximum absolute atomic E-state index is 12.6. The van der Waals surface area contributed by atoms with Crippen LogP contribution in [0.4, 0.5) is 5.69 Å². The largest absolute Gasteiger partial charge is 0.508 e. The number of likely N-dealkylation sites (N-methyl/N-ethyl adjacent to an activating group) is 1. The standard InChI is InChI=1S/C28H30N6O2S/c1-20-7-12-25(19-23(20)6-4-3-5-21-8-15-26(35)16-9-21)33(2)18-17-29-27(36)22-10-13-24(14-11-22)34-28(37)30-31-32-34/h3,5,7-16,19,35H,4,6,17-18H2,1-2H3,(H,29,36)(H,30,32,37)/b5-3-. The molecule has 0 atom stereocenters. The van der Waals surface area contributed by atoms with Gasteiger partial charge in [-0.15, -0.1) is 0 Å². The number of hydrogen-bond donors (Lipinski definition) is 3. The van der Waals surface area contributed by atoms with E-state index < -0.39 is 0 Å². The van der Waals surface area contributed by atoms with Crippen molar-refractivity contribution in [2.75, 3.05) is 25.0 Å². The number of aromatic hydroxyl groups is 1. The summed E-state index contributed by atoms with van der Waals surface area (Å²) in [5, 5.41) is 22.5. The van der Waals surface area contributed by atoms with Crippen LogP contribution < -0.4 is 10.2 Å². The number of aromatic amines is 1. The first-order valence-electron chi connectivity index (χ1n) is 12.1. The number of phenols is 1. The fraction of sp³-hybridized carbons (Fsp3) is 0.214. The number of nitrogens with zero attached hydrogens (tertiary/aromatic N) is 4. The van der Waals surface area contributed by atoms with Gasteiger partial charge in [0.05, 0.1) is 5.69 Å². The van der Waals surface area contributed by atoms with Crippen LogP contribution in [0.2, 0.25) is 0 Å². The second kappa shape index (κ2) is 12.1. The SMILES string of the molecule is Cc1ccc(N(C)CCNC(=O)c2ccc(-n3[nH]nnc3=S)cc2)cc1CC/C=C\c1ccc(O)cc1. The first-order chi connectivity index (χ1) is 17.9. The lowest BCUT2D eigenvalue weighted by molar-refractivity contribution is 0.0954. The molecule has 0 spiro atoms. The number of benzene rings is 3. The van der Waals surface area contributed by atoms with Crippen molar-refractivity contribution in [1.82, 2.24) is 25.5 Å². The van der Waals surface area contributed by atoms with Gasteiger partial charge in [0.1, 0.15) is 5.75 Å². The van der Waals surface area contributed by atoms with E-state index in [9.17, 15) is 9.90 Å². The predicted octanol–water partition coefficient (Wildman–Crippen LogP) is 4.85. The van der Waals surface area contributed by atoms with E-state index in [2.05, 4.69) is 63.0 Å². The fourth-order valence-corrected chi connectivity index (χ4v) is 4.09. The molecule has 8 nitrogen and oxygen atoms in total. The van der Waals surface area contributed by atoms with Crippen molar-refractivity contribution in [3.63, 3.8) is 0 Å². The third kappa shape index (κ3) is 6.92. The molecule has 4 rings (SSSR count). The molecule has 3 N–H and O–H groups in total. The Kier molecular flexibility index (Phi) is 8.48. The van der Waals surface area contributed by atoms with Gasteiger partial charge in [0.15, 0.2) is 0 Å². The van der Waals surface area contributed by atoms with Crippen molar-refractivity contribution in [3.8, 4) is 11.4 Å². The van der Waals surface area contributed by atoms with E-state index in [1.165, 1.54) is 11.1 Å². The third-order valence-corrected chi connectivity index (χ3v) is 6.41. The van der Waals surface area contributed by atoms with Gasteiger partial charge in [-0.2, -0.15) is 5.21 Å². The van der Waals surface area contributed by atoms with Crippen molar-refractivity contribution in [2.45, 2.75) is 19.8 Å². The maximum Gasteiger partial charge on any atom is 0.251 e. The number of hydrogen-bond acceptors (Lipinski definition) is 6. The molecule has 1 amide bonds. The van der Waals surface area contributed by atoms with E-state index in [1.807, 2.05) is 19.2 Å². The predicted molar refractivity (Wildman–Crippen MR) is 149 cm³/mol. The lowest BCUT2D eigenvalue weighted by Gasteiger charge is -2.21. The number of allylic oxidation sites excluding steroid dienone is 1. The quantitative estimate of drug-likeness (QED) is 0.262. The van der Waals surface area contributed by atoms with Crippen molar-refractivity contribution in [2.24, 2.45) is 0 Å². The van der Waals surface area contributed by atoms with E-state index in [1.54, 1.807) is 41.1 Å². The summed E-state index contributed by atoms with van der Waals surface area (Å²) in [7, 11) is 2.03. The normalized spacial score (nSPS) is 11.1. The topological polar surface area (TPSA) is 99.1 Å². The number of carbonyl (C=O) groups excluding carboxylic acids is 1. The summed E-state index contributed by atoms with van der Waals surface area (Å²) in [6.45, 7) is 3.33. The van der Waals surface area contributed by atoms with Gasteiger partial charge in [-0.05, 0) is 97.2 Å². The lowest BCUT2D eigenvalue weighted by Crippen LogP contribution is -2.33. The number of aromatic nitrogens is 4. The molecular formula is C28H30N6O2S. The van der Waals surface area contributed by atoms with Crippen LogP contribution in [0, 0.1) is 11.7 Å². The summed E-state index contributed by atoms with van der Waals surface area (Å²) in [6.07, 6.45) is 6.09. The van der Waals surface area contributed by atoms with Gasteiger partial charge in [-0.25, -0.2) is 4.68 Å². The number of aryl methyl sites for hydroxylation is 2. The average Bonchev–Trinajstić information content (AvgIpc) is 3.34. The first kappa shape index (κ1) is 25.8. The van der Waals surface area contributed by atoms with Gasteiger partial charge < -0.3 is 15.3 Å². The summed E-state index contributed by atoms with van der Waals surface area (Å²) < 4.78 is 1.89. The summed E-state index contributed by atoms with van der Waals surface area (Å²) >= 11 is 5.10. The maximum atomic E-state index is 12.6. The molecule has 9 heteroatoms. The Hall–Kier alpha value is -4.24. The van der Waals surface area contributed by atoms with E-state index in [-0.39, 0.29) is 11.7 Å². The number of rotatable bonds is 10. The van der Waals surface area contributed by atoms with Gasteiger partial charge in [0.25, 0.3) is 5.91 Å². The number of phenolic OH excluding ortho intramolecular Hbond substituents is 1. The highest BCUT2D eigenvalue weighted by Gasteiger charge is 2.09. The summed E-state index contributed by atoms with van der Waals surface area (Å²) in [5.74, 6) is 0.147. The third-order valence-electron chi connectivity index (χ3n) is 6.15. The van der Waals surface area contributed by atoms with Gasteiger partial charge in [0, 0.05) is 31.4 Å². The fourth-order valence-electron chi connectivity index (χ4n) is 3.90. The number of H-pyrrole nitrogens is 1. The zero-order valence-electron chi connectivity index (χ0n) is 20.9. The molecule has 0 saturated carbocycles. The number of tetrazole rings is 1. The van der Waals surface area contributed by atoms with Gasteiger partial charge in [0.2, 0.25) is 4.77 Å². The van der Waals surface area contributed by atoms with Crippen molar-refractivity contribution in [1.29, 1.82) is 0 Å². The molecule has 0 fully saturated rings. The van der Waals surface area contributed by atoms with E-state index in [0.717, 1.165) is 29.8 Å². The molecular weight excluding hydrogens is 484 g/mol. The molecule has 0 radical (unpaired) electrons. The molecule has 1 aromatic heterocycles. The van der Waals surface area contributed by atoms with Crippen LogP contribution in [-0.2, 0) is 6.42 Å². The molecule has 3 aromatic carbocycles. The van der Waals surface area contributed by atoms with Crippen LogP contribution in [0.3, 0.4) is 0 Å². The van der Waals surface area contributed by atoms with Crippen LogP contribution in [0.25, 0.3) is 11.8 Å². The number of carbonyl (C=O) groups is 1. The molecule has 37 heavy (non-hydrogen) atoms. The Morgan fingerprint density at radius 1 is 1.14 bits per heavy atom. The minimum absolute atomic E-state index is 0.128. The minimum atomic E-state index is -0.128. The van der Waals surface area contributed by atoms with Crippen LogP contribution in [-0.4, -0.2) is 51.4 Å². The molecule has 4 aromatic rings. The number of amides is 1. The summed E-state index contributed by atoms with van der Waals surface area (Å²) in [4.78, 5) is 14.7. The highest BCUT2D eigenvalue weighted by atomic mass is 32.1. The molecule has 0 aliphatic rings. The number of anilines is 1. The second-order valence-corrected chi connectivity index (χ2v) is 9.15. The molecule has 0 unspecified atom stereocenters. The molecule has 190 valence electrons. The number of nitrogens with one attached hydrogen (secondary N) is 2. The zero-order chi connectivity index (χ0) is 26.2. The lowest BCUT2D eigenvalue weighted by atomic mass is 10.0. The monoisotopic (exact) mass is 514 g/mol. The Labute approximate surface area is 221 Å². The Morgan fingerprint density at radius 3 is 2.59 bits per heavy atom. The highest BCUT2D eigenvalue weighted by molar-refractivity contribution is 7.71. The molecule has 0 aliphatic heterocycles. The van der Waals surface area contributed by atoms with Crippen LogP contribution >= 0.6 is 12.2 Å². The van der Waals surface area contributed by atoms with Crippen molar-refractivity contribution >= 4 is 29.9 Å². The van der Waals surface area contributed by atoms with Crippen LogP contribution in [0.5, 0.6) is 5.75 Å². The smallest absolute Gasteiger partial charge is 0.251 e. The van der Waals surface area contributed by atoms with Crippen LogP contribution in [0.15, 0.2) is 72.8 Å². The van der Waals surface area contributed by atoms with E-state index in [0.29, 0.717) is 23.4 Å². The Morgan fingerprint density at radius 2 is 1.89 bits per heavy atom. The van der Waals surface area contributed by atoms with Crippen molar-refractivity contribution < 1.29 is 9.90 Å². The first-order valence-corrected chi connectivity index (χ1v) is 12.5. The van der Waals surface area contributed by atoms with E-state index >= 15 is 0 Å².